The van der Waals surface area contributed by atoms with Crippen LogP contribution in [-0.2, 0) is 5.41 Å². The molecule has 0 fully saturated rings. The van der Waals surface area contributed by atoms with E-state index in [0.29, 0.717) is 0 Å². The number of hydrogen-bond acceptors (Lipinski definition) is 0. The molecule has 0 unspecified atom stereocenters. The van der Waals surface area contributed by atoms with Gasteiger partial charge in [-0.1, -0.05) is 104 Å². The summed E-state index contributed by atoms with van der Waals surface area (Å²) in [5, 5.41) is 0. The summed E-state index contributed by atoms with van der Waals surface area (Å²) >= 11 is 0. The highest BCUT2D eigenvalue weighted by Crippen LogP contribution is 2.62. The van der Waals surface area contributed by atoms with E-state index in [2.05, 4.69) is 111 Å². The monoisotopic (exact) mass is 382 g/mol. The molecular formula is C30H22. The second-order valence-electron chi connectivity index (χ2n) is 8.10. The highest BCUT2D eigenvalue weighted by atomic mass is 14.5. The molecule has 0 amide bonds. The lowest BCUT2D eigenvalue weighted by Crippen LogP contribution is -2.25. The van der Waals surface area contributed by atoms with Crippen LogP contribution < -0.4 is 0 Å². The minimum Gasteiger partial charge on any atom is -0.0985 e. The maximum absolute atomic E-state index is 4.01. The van der Waals surface area contributed by atoms with E-state index in [1.54, 1.807) is 0 Å². The van der Waals surface area contributed by atoms with Crippen molar-refractivity contribution in [1.29, 1.82) is 0 Å². The van der Waals surface area contributed by atoms with E-state index in [4.69, 9.17) is 0 Å². The van der Waals surface area contributed by atoms with Crippen LogP contribution in [0.1, 0.15) is 34.7 Å². The summed E-state index contributed by atoms with van der Waals surface area (Å²) in [6.45, 7) is 6.08. The van der Waals surface area contributed by atoms with Gasteiger partial charge in [0.2, 0.25) is 0 Å². The molecule has 0 N–H and O–H groups in total. The number of fused-ring (bicyclic) bond motifs is 10. The molecule has 0 saturated carbocycles. The normalized spacial score (nSPS) is 14.8. The third kappa shape index (κ3) is 1.96. The summed E-state index contributed by atoms with van der Waals surface area (Å²) in [7, 11) is 0. The van der Waals surface area contributed by atoms with Crippen molar-refractivity contribution in [3.63, 3.8) is 0 Å². The zero-order chi connectivity index (χ0) is 20.3. The minimum atomic E-state index is -0.248. The molecule has 142 valence electrons. The van der Waals surface area contributed by atoms with E-state index in [1.165, 1.54) is 55.6 Å². The predicted molar refractivity (Wildman–Crippen MR) is 127 cm³/mol. The minimum absolute atomic E-state index is 0.248. The summed E-state index contributed by atoms with van der Waals surface area (Å²) in [6.07, 6.45) is 4.07. The van der Waals surface area contributed by atoms with Crippen LogP contribution in [0.15, 0.2) is 110 Å². The molecule has 0 heteroatoms. The van der Waals surface area contributed by atoms with E-state index < -0.39 is 0 Å². The highest BCUT2D eigenvalue weighted by molar-refractivity contribution is 5.95. The fourth-order valence-electron chi connectivity index (χ4n) is 5.68. The molecule has 30 heavy (non-hydrogen) atoms. The topological polar surface area (TPSA) is 0 Å². The first-order valence-corrected chi connectivity index (χ1v) is 10.5. The van der Waals surface area contributed by atoms with Crippen molar-refractivity contribution in [3.05, 3.63) is 138 Å². The van der Waals surface area contributed by atoms with Gasteiger partial charge in [-0.15, -0.1) is 0 Å². The molecular weight excluding hydrogens is 360 g/mol. The van der Waals surface area contributed by atoms with Gasteiger partial charge in [0.1, 0.15) is 0 Å². The summed E-state index contributed by atoms with van der Waals surface area (Å²) < 4.78 is 0. The molecule has 0 aliphatic heterocycles. The summed E-state index contributed by atoms with van der Waals surface area (Å²) in [4.78, 5) is 0. The maximum Gasteiger partial charge on any atom is 0.0725 e. The lowest BCUT2D eigenvalue weighted by atomic mass is 9.70. The lowest BCUT2D eigenvalue weighted by Gasteiger charge is -2.30. The van der Waals surface area contributed by atoms with Crippen LogP contribution in [0, 0.1) is 0 Å². The lowest BCUT2D eigenvalue weighted by molar-refractivity contribution is 0.793. The van der Waals surface area contributed by atoms with Crippen molar-refractivity contribution in [2.75, 3.05) is 0 Å². The molecule has 1 spiro atoms. The van der Waals surface area contributed by atoms with Crippen LogP contribution in [0.3, 0.4) is 0 Å². The average Bonchev–Trinajstić information content (AvgIpc) is 3.27. The smallest absolute Gasteiger partial charge is 0.0725 e. The zero-order valence-corrected chi connectivity index (χ0v) is 17.0. The van der Waals surface area contributed by atoms with E-state index >= 15 is 0 Å². The molecule has 4 aromatic rings. The molecule has 2 aliphatic carbocycles. The van der Waals surface area contributed by atoms with Crippen LogP contribution in [0.4, 0.5) is 0 Å². The molecule has 0 atom stereocenters. The van der Waals surface area contributed by atoms with E-state index in [9.17, 15) is 0 Å². The summed E-state index contributed by atoms with van der Waals surface area (Å²) in [6, 6.07) is 33.7. The highest BCUT2D eigenvalue weighted by Gasteiger charge is 2.51. The molecule has 0 saturated heterocycles. The number of hydrogen-bond donors (Lipinski definition) is 0. The predicted octanol–water partition coefficient (Wildman–Crippen LogP) is 7.62. The van der Waals surface area contributed by atoms with Crippen molar-refractivity contribution in [1.82, 2.24) is 0 Å². The summed E-state index contributed by atoms with van der Waals surface area (Å²) in [5.41, 5.74) is 13.0. The van der Waals surface area contributed by atoms with Crippen LogP contribution in [-0.4, -0.2) is 0 Å². The van der Waals surface area contributed by atoms with Gasteiger partial charge in [-0.25, -0.2) is 0 Å². The fourth-order valence-corrected chi connectivity index (χ4v) is 5.68. The fraction of sp³-hybridized carbons (Fsp3) is 0.0667. The van der Waals surface area contributed by atoms with Crippen LogP contribution in [0.2, 0.25) is 0 Å². The first-order valence-electron chi connectivity index (χ1n) is 10.5. The first kappa shape index (κ1) is 17.2. The number of benzene rings is 4. The van der Waals surface area contributed by atoms with Crippen LogP contribution in [0.25, 0.3) is 27.8 Å². The third-order valence-corrected chi connectivity index (χ3v) is 6.86. The Morgan fingerprint density at radius 3 is 1.60 bits per heavy atom. The number of allylic oxidation sites excluding steroid dienone is 3. The zero-order valence-electron chi connectivity index (χ0n) is 17.0. The Bertz CT molecular complexity index is 1320. The molecule has 6 rings (SSSR count). The van der Waals surface area contributed by atoms with Crippen molar-refractivity contribution >= 4 is 5.57 Å². The van der Waals surface area contributed by atoms with Gasteiger partial charge >= 0.3 is 0 Å². The van der Waals surface area contributed by atoms with Gasteiger partial charge in [-0.3, -0.25) is 0 Å². The quantitative estimate of drug-likeness (QED) is 0.270. The van der Waals surface area contributed by atoms with Crippen molar-refractivity contribution in [3.8, 4) is 22.3 Å². The number of rotatable bonds is 2. The van der Waals surface area contributed by atoms with Crippen molar-refractivity contribution < 1.29 is 0 Å². The first-order chi connectivity index (χ1) is 14.8. The van der Waals surface area contributed by atoms with Gasteiger partial charge in [-0.2, -0.15) is 0 Å². The van der Waals surface area contributed by atoms with Crippen molar-refractivity contribution in [2.24, 2.45) is 0 Å². The second-order valence-corrected chi connectivity index (χ2v) is 8.10. The van der Waals surface area contributed by atoms with Crippen LogP contribution >= 0.6 is 0 Å². The van der Waals surface area contributed by atoms with Crippen molar-refractivity contribution in [2.45, 2.75) is 12.3 Å². The Hall–Kier alpha value is -3.64. The molecule has 0 heterocycles. The maximum atomic E-state index is 4.01. The Kier molecular flexibility index (Phi) is 3.55. The van der Waals surface area contributed by atoms with E-state index in [1.807, 2.05) is 6.08 Å². The second kappa shape index (κ2) is 6.18. The van der Waals surface area contributed by atoms with E-state index in [-0.39, 0.29) is 5.41 Å². The molecule has 0 nitrogen and oxygen atoms in total. The van der Waals surface area contributed by atoms with E-state index in [0.717, 1.165) is 0 Å². The molecule has 4 aromatic carbocycles. The Labute approximate surface area is 177 Å². The van der Waals surface area contributed by atoms with Gasteiger partial charge < -0.3 is 0 Å². The largest absolute Gasteiger partial charge is 0.0985 e. The average molecular weight is 383 g/mol. The summed E-state index contributed by atoms with van der Waals surface area (Å²) in [5.74, 6) is 0. The Morgan fingerprint density at radius 2 is 1.10 bits per heavy atom. The van der Waals surface area contributed by atoms with Gasteiger partial charge in [0.15, 0.2) is 0 Å². The SMILES string of the molecule is C=C/C(=C\C)c1ccc2c(c1)-c1ccccc1C21c2ccccc2-c2ccccc21. The van der Waals surface area contributed by atoms with Gasteiger partial charge in [0, 0.05) is 0 Å². The standard InChI is InChI=1S/C30H22/c1-3-20(4-2)21-17-18-29-25(19-21)24-13-7-10-16-28(24)30(29)26-14-8-5-11-22(26)23-12-6-9-15-27(23)30/h3-19H,1H2,2H3/b20-4+. The third-order valence-electron chi connectivity index (χ3n) is 6.86. The molecule has 0 bridgehead atoms. The molecule has 0 aromatic heterocycles. The van der Waals surface area contributed by atoms with Gasteiger partial charge in [-0.05, 0) is 68.6 Å². The van der Waals surface area contributed by atoms with Gasteiger partial charge in [0.05, 0.1) is 5.41 Å². The molecule has 0 radical (unpaired) electrons. The Balaban J connectivity index is 1.77. The van der Waals surface area contributed by atoms with Gasteiger partial charge in [0.25, 0.3) is 0 Å². The Morgan fingerprint density at radius 1 is 0.633 bits per heavy atom. The molecule has 2 aliphatic rings. The van der Waals surface area contributed by atoms with Crippen LogP contribution in [0.5, 0.6) is 0 Å².